The summed E-state index contributed by atoms with van der Waals surface area (Å²) in [5, 5.41) is 11.1. The number of carbonyl (C=O) groups is 1. The number of aryl methyl sites for hydroxylation is 3. The second kappa shape index (κ2) is 5.57. The van der Waals surface area contributed by atoms with E-state index in [4.69, 9.17) is 4.52 Å². The predicted molar refractivity (Wildman–Crippen MR) is 81.6 cm³/mol. The molecule has 1 aliphatic rings. The van der Waals surface area contributed by atoms with E-state index >= 15 is 0 Å². The number of nitrogens with one attached hydrogen (secondary N) is 1. The van der Waals surface area contributed by atoms with Gasteiger partial charge < -0.3 is 9.84 Å². The summed E-state index contributed by atoms with van der Waals surface area (Å²) in [5.74, 6) is 1.07. The van der Waals surface area contributed by atoms with Crippen LogP contribution in [0.1, 0.15) is 30.1 Å². The Hall–Kier alpha value is -2.15. The third kappa shape index (κ3) is 2.76. The number of likely N-dealkylation sites (tertiary alicyclic amines) is 1. The van der Waals surface area contributed by atoms with E-state index in [9.17, 15) is 4.79 Å². The quantitative estimate of drug-likeness (QED) is 0.930. The molecule has 22 heavy (non-hydrogen) atoms. The van der Waals surface area contributed by atoms with E-state index in [0.29, 0.717) is 17.6 Å². The molecule has 7 nitrogen and oxygen atoms in total. The molecule has 7 heteroatoms. The number of hydrogen-bond donors (Lipinski definition) is 1. The molecule has 1 amide bonds. The molecular formula is C15H21N5O2. The standard InChI is InChI=1S/C15H21N5O2/c1-9-5-10(2)20(17-9)13-7-19(8-13)12(4)15(21)16-14-6-11(3)22-18-14/h5-6,12-13H,7-8H2,1-4H3,(H,16,18,21). The van der Waals surface area contributed by atoms with Gasteiger partial charge in [-0.1, -0.05) is 5.16 Å². The Morgan fingerprint density at radius 3 is 2.64 bits per heavy atom. The molecule has 0 radical (unpaired) electrons. The number of anilines is 1. The monoisotopic (exact) mass is 303 g/mol. The lowest BCUT2D eigenvalue weighted by Crippen LogP contribution is -2.55. The van der Waals surface area contributed by atoms with Gasteiger partial charge in [0, 0.05) is 24.8 Å². The van der Waals surface area contributed by atoms with E-state index in [1.54, 1.807) is 13.0 Å². The Kier molecular flexibility index (Phi) is 3.74. The Balaban J connectivity index is 1.55. The van der Waals surface area contributed by atoms with Crippen molar-refractivity contribution in [3.8, 4) is 0 Å². The second-order valence-electron chi connectivity index (χ2n) is 5.97. The van der Waals surface area contributed by atoms with E-state index in [-0.39, 0.29) is 11.9 Å². The molecule has 2 aromatic rings. The van der Waals surface area contributed by atoms with Crippen molar-refractivity contribution >= 4 is 11.7 Å². The fourth-order valence-corrected chi connectivity index (χ4v) is 2.80. The Morgan fingerprint density at radius 1 is 1.36 bits per heavy atom. The average Bonchev–Trinajstić information content (AvgIpc) is 2.94. The van der Waals surface area contributed by atoms with Gasteiger partial charge in [0.1, 0.15) is 5.76 Å². The van der Waals surface area contributed by atoms with Crippen molar-refractivity contribution in [1.82, 2.24) is 19.8 Å². The van der Waals surface area contributed by atoms with Crippen molar-refractivity contribution in [2.75, 3.05) is 18.4 Å². The van der Waals surface area contributed by atoms with Gasteiger partial charge in [0.05, 0.1) is 17.8 Å². The maximum absolute atomic E-state index is 12.2. The first-order valence-corrected chi connectivity index (χ1v) is 7.45. The Labute approximate surface area is 129 Å². The number of carbonyl (C=O) groups excluding carboxylic acids is 1. The first-order valence-electron chi connectivity index (χ1n) is 7.45. The summed E-state index contributed by atoms with van der Waals surface area (Å²) in [6, 6.07) is 3.92. The molecule has 0 aromatic carbocycles. The lowest BCUT2D eigenvalue weighted by molar-refractivity contribution is -0.123. The lowest BCUT2D eigenvalue weighted by Gasteiger charge is -2.42. The lowest BCUT2D eigenvalue weighted by atomic mass is 10.1. The molecule has 1 saturated heterocycles. The molecule has 1 aliphatic heterocycles. The minimum Gasteiger partial charge on any atom is -0.360 e. The first-order chi connectivity index (χ1) is 10.4. The van der Waals surface area contributed by atoms with Crippen molar-refractivity contribution in [3.63, 3.8) is 0 Å². The van der Waals surface area contributed by atoms with Crippen LogP contribution in [0.5, 0.6) is 0 Å². The van der Waals surface area contributed by atoms with Gasteiger partial charge in [0.2, 0.25) is 5.91 Å². The number of nitrogens with zero attached hydrogens (tertiary/aromatic N) is 4. The van der Waals surface area contributed by atoms with Gasteiger partial charge in [-0.3, -0.25) is 14.4 Å². The van der Waals surface area contributed by atoms with Crippen molar-refractivity contribution in [1.29, 1.82) is 0 Å². The van der Waals surface area contributed by atoms with Gasteiger partial charge in [-0.15, -0.1) is 0 Å². The summed E-state index contributed by atoms with van der Waals surface area (Å²) >= 11 is 0. The predicted octanol–water partition coefficient (Wildman–Crippen LogP) is 1.68. The highest BCUT2D eigenvalue weighted by Crippen LogP contribution is 2.25. The van der Waals surface area contributed by atoms with Gasteiger partial charge in [-0.25, -0.2) is 0 Å². The topological polar surface area (TPSA) is 76.2 Å². The summed E-state index contributed by atoms with van der Waals surface area (Å²) in [4.78, 5) is 14.3. The summed E-state index contributed by atoms with van der Waals surface area (Å²) in [5.41, 5.74) is 2.19. The fraction of sp³-hybridized carbons (Fsp3) is 0.533. The average molecular weight is 303 g/mol. The maximum Gasteiger partial charge on any atom is 0.242 e. The largest absolute Gasteiger partial charge is 0.360 e. The normalized spacial score (nSPS) is 17.3. The smallest absolute Gasteiger partial charge is 0.242 e. The summed E-state index contributed by atoms with van der Waals surface area (Å²) in [6.45, 7) is 9.41. The van der Waals surface area contributed by atoms with Gasteiger partial charge in [0.25, 0.3) is 0 Å². The molecule has 3 rings (SSSR count). The van der Waals surface area contributed by atoms with Crippen LogP contribution in [-0.2, 0) is 4.79 Å². The van der Waals surface area contributed by atoms with Gasteiger partial charge in [-0.2, -0.15) is 5.10 Å². The molecule has 118 valence electrons. The van der Waals surface area contributed by atoms with Crippen LogP contribution < -0.4 is 5.32 Å². The summed E-state index contributed by atoms with van der Waals surface area (Å²) in [6.07, 6.45) is 0. The van der Waals surface area contributed by atoms with E-state index < -0.39 is 0 Å². The first kappa shape index (κ1) is 14.8. The molecular weight excluding hydrogens is 282 g/mol. The van der Waals surface area contributed by atoms with Crippen LogP contribution >= 0.6 is 0 Å². The molecule has 0 aliphatic carbocycles. The van der Waals surface area contributed by atoms with E-state index in [0.717, 1.165) is 24.5 Å². The molecule has 1 unspecified atom stereocenters. The number of aromatic nitrogens is 3. The van der Waals surface area contributed by atoms with Crippen molar-refractivity contribution in [2.45, 2.75) is 39.8 Å². The maximum atomic E-state index is 12.2. The van der Waals surface area contributed by atoms with Crippen LogP contribution in [0.4, 0.5) is 5.82 Å². The van der Waals surface area contributed by atoms with Crippen molar-refractivity contribution < 1.29 is 9.32 Å². The highest BCUT2D eigenvalue weighted by Gasteiger charge is 2.35. The molecule has 0 spiro atoms. The number of rotatable bonds is 4. The summed E-state index contributed by atoms with van der Waals surface area (Å²) < 4.78 is 7.00. The zero-order valence-corrected chi connectivity index (χ0v) is 13.3. The van der Waals surface area contributed by atoms with Crippen LogP contribution in [0.25, 0.3) is 0 Å². The highest BCUT2D eigenvalue weighted by atomic mass is 16.5. The zero-order valence-electron chi connectivity index (χ0n) is 13.3. The Bertz CT molecular complexity index is 684. The van der Waals surface area contributed by atoms with Gasteiger partial charge in [0.15, 0.2) is 5.82 Å². The summed E-state index contributed by atoms with van der Waals surface area (Å²) in [7, 11) is 0. The third-order valence-corrected chi connectivity index (χ3v) is 4.09. The second-order valence-corrected chi connectivity index (χ2v) is 5.97. The van der Waals surface area contributed by atoms with Crippen LogP contribution in [0.2, 0.25) is 0 Å². The molecule has 1 N–H and O–H groups in total. The van der Waals surface area contributed by atoms with E-state index in [1.165, 1.54) is 0 Å². The van der Waals surface area contributed by atoms with E-state index in [1.807, 2.05) is 13.8 Å². The SMILES string of the molecule is Cc1cc(C)n(C2CN(C(C)C(=O)Nc3cc(C)on3)C2)n1. The zero-order chi connectivity index (χ0) is 15.9. The number of hydrogen-bond acceptors (Lipinski definition) is 5. The minimum absolute atomic E-state index is 0.0693. The minimum atomic E-state index is -0.203. The molecule has 1 atom stereocenters. The molecule has 2 aromatic heterocycles. The van der Waals surface area contributed by atoms with Gasteiger partial charge >= 0.3 is 0 Å². The van der Waals surface area contributed by atoms with Crippen molar-refractivity contribution in [2.24, 2.45) is 0 Å². The van der Waals surface area contributed by atoms with Crippen LogP contribution in [0.3, 0.4) is 0 Å². The molecule has 1 fully saturated rings. The fourth-order valence-electron chi connectivity index (χ4n) is 2.80. The number of amides is 1. The van der Waals surface area contributed by atoms with E-state index in [2.05, 4.69) is 38.1 Å². The molecule has 0 saturated carbocycles. The van der Waals surface area contributed by atoms with Crippen LogP contribution in [0, 0.1) is 20.8 Å². The third-order valence-electron chi connectivity index (χ3n) is 4.09. The van der Waals surface area contributed by atoms with Crippen molar-refractivity contribution in [3.05, 3.63) is 29.3 Å². The molecule has 3 heterocycles. The highest BCUT2D eigenvalue weighted by molar-refractivity contribution is 5.93. The molecule has 0 bridgehead atoms. The van der Waals surface area contributed by atoms with Crippen LogP contribution in [-0.4, -0.2) is 44.9 Å². The van der Waals surface area contributed by atoms with Gasteiger partial charge in [-0.05, 0) is 33.8 Å². The van der Waals surface area contributed by atoms with Crippen LogP contribution in [0.15, 0.2) is 16.7 Å². The Morgan fingerprint density at radius 2 is 2.09 bits per heavy atom.